The second-order valence-corrected chi connectivity index (χ2v) is 3.59. The molecule has 1 unspecified atom stereocenters. The van der Waals surface area contributed by atoms with E-state index in [1.165, 1.54) is 0 Å². The molecule has 0 heterocycles. The number of hydrogen-bond acceptors (Lipinski definition) is 3. The van der Waals surface area contributed by atoms with Gasteiger partial charge in [-0.3, -0.25) is 0 Å². The summed E-state index contributed by atoms with van der Waals surface area (Å²) >= 11 is 0. The summed E-state index contributed by atoms with van der Waals surface area (Å²) in [5.74, 6) is 0. The van der Waals surface area contributed by atoms with Crippen molar-refractivity contribution in [1.82, 2.24) is 0 Å². The Morgan fingerprint density at radius 3 is 2.27 bits per heavy atom. The van der Waals surface area contributed by atoms with Crippen molar-refractivity contribution in [2.45, 2.75) is 38.9 Å². The number of ether oxygens (including phenoxy) is 1. The molecule has 68 valence electrons. The van der Waals surface area contributed by atoms with Gasteiger partial charge < -0.3 is 14.9 Å². The van der Waals surface area contributed by atoms with Crippen LogP contribution in [0.5, 0.6) is 0 Å². The van der Waals surface area contributed by atoms with Crippen molar-refractivity contribution in [2.75, 3.05) is 13.2 Å². The van der Waals surface area contributed by atoms with E-state index in [4.69, 9.17) is 14.9 Å². The fourth-order valence-electron chi connectivity index (χ4n) is 0.592. The van der Waals surface area contributed by atoms with Crippen LogP contribution in [0.15, 0.2) is 0 Å². The lowest BCUT2D eigenvalue weighted by atomic mass is 10.2. The maximum Gasteiger partial charge on any atom is 0.0792 e. The van der Waals surface area contributed by atoms with Crippen LogP contribution in [0.2, 0.25) is 0 Å². The monoisotopic (exact) mass is 162 g/mol. The summed E-state index contributed by atoms with van der Waals surface area (Å²) < 4.78 is 5.33. The Bertz CT molecular complexity index is 96.0. The minimum absolute atomic E-state index is 0.158. The second kappa shape index (κ2) is 4.70. The predicted octanol–water partition coefficient (Wildman–Crippen LogP) is 0.545. The van der Waals surface area contributed by atoms with Crippen LogP contribution in [-0.2, 0) is 4.74 Å². The van der Waals surface area contributed by atoms with E-state index in [0.29, 0.717) is 13.0 Å². The van der Waals surface area contributed by atoms with Crippen LogP contribution in [0, 0.1) is 0 Å². The number of rotatable bonds is 4. The van der Waals surface area contributed by atoms with Gasteiger partial charge in [-0.2, -0.15) is 0 Å². The molecule has 11 heavy (non-hydrogen) atoms. The summed E-state index contributed by atoms with van der Waals surface area (Å²) in [6.45, 7) is 6.17. The van der Waals surface area contributed by atoms with Gasteiger partial charge in [-0.25, -0.2) is 0 Å². The molecular weight excluding hydrogens is 144 g/mol. The average molecular weight is 162 g/mol. The zero-order chi connectivity index (χ0) is 8.91. The lowest BCUT2D eigenvalue weighted by Crippen LogP contribution is -2.23. The Balaban J connectivity index is 3.28. The predicted molar refractivity (Wildman–Crippen MR) is 43.4 cm³/mol. The van der Waals surface area contributed by atoms with Gasteiger partial charge in [0.15, 0.2) is 0 Å². The molecule has 0 aromatic rings. The quantitative estimate of drug-likeness (QED) is 0.634. The van der Waals surface area contributed by atoms with Gasteiger partial charge in [-0.15, -0.1) is 0 Å². The van der Waals surface area contributed by atoms with Gasteiger partial charge in [0, 0.05) is 6.61 Å². The van der Waals surface area contributed by atoms with E-state index in [9.17, 15) is 0 Å². The lowest BCUT2D eigenvalue weighted by Gasteiger charge is -2.20. The van der Waals surface area contributed by atoms with Crippen LogP contribution in [0.25, 0.3) is 0 Å². The Labute approximate surface area is 68.0 Å². The van der Waals surface area contributed by atoms with Crippen molar-refractivity contribution >= 4 is 0 Å². The van der Waals surface area contributed by atoms with Gasteiger partial charge in [0.2, 0.25) is 0 Å². The van der Waals surface area contributed by atoms with E-state index >= 15 is 0 Å². The largest absolute Gasteiger partial charge is 0.394 e. The van der Waals surface area contributed by atoms with Crippen LogP contribution in [0.3, 0.4) is 0 Å². The molecule has 2 N–H and O–H groups in total. The SMILES string of the molecule is CC(C)(C)OCCC(O)CO. The van der Waals surface area contributed by atoms with E-state index in [-0.39, 0.29) is 12.2 Å². The minimum Gasteiger partial charge on any atom is -0.394 e. The van der Waals surface area contributed by atoms with Gasteiger partial charge in [-0.1, -0.05) is 0 Å². The molecular formula is C8H18O3. The Hall–Kier alpha value is -0.120. The number of aliphatic hydroxyl groups is 2. The Morgan fingerprint density at radius 2 is 1.91 bits per heavy atom. The molecule has 0 saturated heterocycles. The van der Waals surface area contributed by atoms with Crippen LogP contribution in [0.4, 0.5) is 0 Å². The third-order valence-corrected chi connectivity index (χ3v) is 1.20. The first kappa shape index (κ1) is 10.9. The molecule has 0 radical (unpaired) electrons. The van der Waals surface area contributed by atoms with Gasteiger partial charge in [0.1, 0.15) is 0 Å². The Kier molecular flexibility index (Phi) is 4.65. The highest BCUT2D eigenvalue weighted by Crippen LogP contribution is 2.07. The van der Waals surface area contributed by atoms with Gasteiger partial charge >= 0.3 is 0 Å². The third-order valence-electron chi connectivity index (χ3n) is 1.20. The standard InChI is InChI=1S/C8H18O3/c1-8(2,3)11-5-4-7(10)6-9/h7,9-10H,4-6H2,1-3H3. The van der Waals surface area contributed by atoms with Crippen molar-refractivity contribution in [2.24, 2.45) is 0 Å². The first-order valence-corrected chi connectivity index (χ1v) is 3.88. The Morgan fingerprint density at radius 1 is 1.36 bits per heavy atom. The van der Waals surface area contributed by atoms with E-state index in [2.05, 4.69) is 0 Å². The molecule has 3 nitrogen and oxygen atoms in total. The highest BCUT2D eigenvalue weighted by molar-refractivity contribution is 4.60. The zero-order valence-corrected chi connectivity index (χ0v) is 7.50. The molecule has 0 aliphatic carbocycles. The fraction of sp³-hybridized carbons (Fsp3) is 1.00. The molecule has 1 atom stereocenters. The molecule has 0 aromatic carbocycles. The molecule has 0 aromatic heterocycles. The summed E-state index contributed by atoms with van der Waals surface area (Å²) in [6, 6.07) is 0. The molecule has 0 amide bonds. The number of aliphatic hydroxyl groups excluding tert-OH is 2. The normalized spacial score (nSPS) is 15.0. The first-order chi connectivity index (χ1) is 4.95. The third kappa shape index (κ3) is 7.78. The van der Waals surface area contributed by atoms with E-state index in [0.717, 1.165) is 0 Å². The molecule has 0 fully saturated rings. The van der Waals surface area contributed by atoms with Gasteiger partial charge in [0.05, 0.1) is 18.3 Å². The van der Waals surface area contributed by atoms with Crippen molar-refractivity contribution < 1.29 is 14.9 Å². The molecule has 0 rings (SSSR count). The minimum atomic E-state index is -0.641. The van der Waals surface area contributed by atoms with E-state index in [1.54, 1.807) is 0 Å². The zero-order valence-electron chi connectivity index (χ0n) is 7.50. The summed E-state index contributed by atoms with van der Waals surface area (Å²) in [7, 11) is 0. The molecule has 3 heteroatoms. The maximum absolute atomic E-state index is 8.92. The number of hydrogen-bond donors (Lipinski definition) is 2. The van der Waals surface area contributed by atoms with Crippen LogP contribution in [0.1, 0.15) is 27.2 Å². The topological polar surface area (TPSA) is 49.7 Å². The van der Waals surface area contributed by atoms with Crippen molar-refractivity contribution in [1.29, 1.82) is 0 Å². The molecule has 0 aliphatic rings. The van der Waals surface area contributed by atoms with Crippen LogP contribution < -0.4 is 0 Å². The van der Waals surface area contributed by atoms with Crippen molar-refractivity contribution in [3.63, 3.8) is 0 Å². The van der Waals surface area contributed by atoms with Gasteiger partial charge in [-0.05, 0) is 27.2 Å². The van der Waals surface area contributed by atoms with Crippen molar-refractivity contribution in [3.8, 4) is 0 Å². The molecule has 0 spiro atoms. The highest BCUT2D eigenvalue weighted by Gasteiger charge is 2.10. The van der Waals surface area contributed by atoms with E-state index < -0.39 is 6.10 Å². The summed E-state index contributed by atoms with van der Waals surface area (Å²) in [4.78, 5) is 0. The fourth-order valence-corrected chi connectivity index (χ4v) is 0.592. The van der Waals surface area contributed by atoms with Crippen LogP contribution >= 0.6 is 0 Å². The maximum atomic E-state index is 8.92. The second-order valence-electron chi connectivity index (χ2n) is 3.59. The molecule has 0 aliphatic heterocycles. The molecule has 0 saturated carbocycles. The summed E-state index contributed by atoms with van der Waals surface area (Å²) in [6.07, 6.45) is -0.148. The first-order valence-electron chi connectivity index (χ1n) is 3.88. The van der Waals surface area contributed by atoms with Crippen LogP contribution in [-0.4, -0.2) is 35.1 Å². The summed E-state index contributed by atoms with van der Waals surface area (Å²) in [5.41, 5.74) is -0.158. The van der Waals surface area contributed by atoms with Crippen molar-refractivity contribution in [3.05, 3.63) is 0 Å². The van der Waals surface area contributed by atoms with E-state index in [1.807, 2.05) is 20.8 Å². The molecule has 0 bridgehead atoms. The van der Waals surface area contributed by atoms with Gasteiger partial charge in [0.25, 0.3) is 0 Å². The highest BCUT2D eigenvalue weighted by atomic mass is 16.5. The lowest BCUT2D eigenvalue weighted by molar-refractivity contribution is -0.0251. The summed E-state index contributed by atoms with van der Waals surface area (Å²) in [5, 5.41) is 17.4. The average Bonchev–Trinajstić information content (AvgIpc) is 1.85. The smallest absolute Gasteiger partial charge is 0.0792 e.